The SMILES string of the molecule is CCOCCNC(=O)c1ccc(NN)c([N+](=O)[O-])c1. The Bertz CT molecular complexity index is 464. The van der Waals surface area contributed by atoms with Crippen LogP contribution < -0.4 is 16.6 Å². The maximum Gasteiger partial charge on any atom is 0.294 e. The molecule has 0 unspecified atom stereocenters. The van der Waals surface area contributed by atoms with Gasteiger partial charge in [0.25, 0.3) is 11.6 Å². The molecule has 0 heterocycles. The largest absolute Gasteiger partial charge is 0.380 e. The highest BCUT2D eigenvalue weighted by atomic mass is 16.6. The Labute approximate surface area is 110 Å². The fraction of sp³-hybridized carbons (Fsp3) is 0.364. The first-order valence-corrected chi connectivity index (χ1v) is 5.71. The van der Waals surface area contributed by atoms with Gasteiger partial charge in [0.15, 0.2) is 0 Å². The number of anilines is 1. The van der Waals surface area contributed by atoms with Gasteiger partial charge in [-0.05, 0) is 19.1 Å². The van der Waals surface area contributed by atoms with Crippen LogP contribution in [-0.4, -0.2) is 30.6 Å². The summed E-state index contributed by atoms with van der Waals surface area (Å²) in [5.74, 6) is 4.76. The predicted octanol–water partition coefficient (Wildman–Crippen LogP) is 0.647. The second-order valence-electron chi connectivity index (χ2n) is 3.59. The van der Waals surface area contributed by atoms with Crippen molar-refractivity contribution in [3.8, 4) is 0 Å². The van der Waals surface area contributed by atoms with Gasteiger partial charge in [0, 0.05) is 24.8 Å². The lowest BCUT2D eigenvalue weighted by molar-refractivity contribution is -0.384. The standard InChI is InChI=1S/C11H16N4O4/c1-2-19-6-5-13-11(16)8-3-4-9(14-12)10(7-8)15(17)18/h3-4,7,14H,2,5-6,12H2,1H3,(H,13,16). The van der Waals surface area contributed by atoms with Gasteiger partial charge in [-0.15, -0.1) is 0 Å². The molecule has 19 heavy (non-hydrogen) atoms. The average Bonchev–Trinajstić information content (AvgIpc) is 2.42. The molecule has 8 nitrogen and oxygen atoms in total. The maximum atomic E-state index is 11.7. The summed E-state index contributed by atoms with van der Waals surface area (Å²) in [5.41, 5.74) is 2.30. The lowest BCUT2D eigenvalue weighted by Gasteiger charge is -2.07. The zero-order valence-electron chi connectivity index (χ0n) is 10.5. The van der Waals surface area contributed by atoms with Crippen molar-refractivity contribution in [2.24, 2.45) is 5.84 Å². The average molecular weight is 268 g/mol. The summed E-state index contributed by atoms with van der Waals surface area (Å²) in [4.78, 5) is 21.9. The van der Waals surface area contributed by atoms with E-state index in [9.17, 15) is 14.9 Å². The molecule has 0 saturated heterocycles. The lowest BCUT2D eigenvalue weighted by Crippen LogP contribution is -2.27. The minimum absolute atomic E-state index is 0.149. The van der Waals surface area contributed by atoms with Gasteiger partial charge in [-0.25, -0.2) is 0 Å². The van der Waals surface area contributed by atoms with Crippen LogP contribution in [0.4, 0.5) is 11.4 Å². The third-order valence-electron chi connectivity index (χ3n) is 2.35. The van der Waals surface area contributed by atoms with E-state index in [2.05, 4.69) is 10.7 Å². The molecular weight excluding hydrogens is 252 g/mol. The maximum absolute atomic E-state index is 11.7. The molecule has 0 atom stereocenters. The van der Waals surface area contributed by atoms with Gasteiger partial charge < -0.3 is 15.5 Å². The van der Waals surface area contributed by atoms with Crippen LogP contribution in [0.25, 0.3) is 0 Å². The summed E-state index contributed by atoms with van der Waals surface area (Å²) in [6.07, 6.45) is 0. The zero-order chi connectivity index (χ0) is 14.3. The van der Waals surface area contributed by atoms with Gasteiger partial charge in [0.2, 0.25) is 0 Å². The number of nitrogens with zero attached hydrogens (tertiary/aromatic N) is 1. The Morgan fingerprint density at radius 2 is 2.26 bits per heavy atom. The van der Waals surface area contributed by atoms with Crippen molar-refractivity contribution < 1.29 is 14.5 Å². The van der Waals surface area contributed by atoms with Crippen molar-refractivity contribution >= 4 is 17.3 Å². The molecule has 1 aromatic rings. The number of nitro groups is 1. The zero-order valence-corrected chi connectivity index (χ0v) is 10.5. The molecule has 0 spiro atoms. The van der Waals surface area contributed by atoms with E-state index < -0.39 is 10.8 Å². The van der Waals surface area contributed by atoms with Crippen LogP contribution in [0.2, 0.25) is 0 Å². The molecule has 4 N–H and O–H groups in total. The van der Waals surface area contributed by atoms with Crippen molar-refractivity contribution in [2.45, 2.75) is 6.92 Å². The number of nitrogen functional groups attached to an aromatic ring is 1. The number of amides is 1. The van der Waals surface area contributed by atoms with Gasteiger partial charge >= 0.3 is 0 Å². The third-order valence-corrected chi connectivity index (χ3v) is 2.35. The molecule has 0 radical (unpaired) electrons. The van der Waals surface area contributed by atoms with Crippen molar-refractivity contribution in [3.05, 3.63) is 33.9 Å². The first-order chi connectivity index (χ1) is 9.10. The second-order valence-corrected chi connectivity index (χ2v) is 3.59. The minimum atomic E-state index is -0.605. The summed E-state index contributed by atoms with van der Waals surface area (Å²) in [6, 6.07) is 4.01. The van der Waals surface area contributed by atoms with Crippen LogP contribution in [0.3, 0.4) is 0 Å². The molecule has 1 aromatic carbocycles. The predicted molar refractivity (Wildman–Crippen MR) is 69.7 cm³/mol. The van der Waals surface area contributed by atoms with E-state index >= 15 is 0 Å². The molecule has 0 aliphatic rings. The number of benzene rings is 1. The van der Waals surface area contributed by atoms with Gasteiger partial charge in [-0.1, -0.05) is 0 Å². The Hall–Kier alpha value is -2.19. The van der Waals surface area contributed by atoms with Gasteiger partial charge in [0.1, 0.15) is 5.69 Å². The van der Waals surface area contributed by atoms with Crippen LogP contribution in [0.1, 0.15) is 17.3 Å². The molecule has 0 aliphatic carbocycles. The van der Waals surface area contributed by atoms with E-state index in [1.807, 2.05) is 6.92 Å². The monoisotopic (exact) mass is 268 g/mol. The van der Waals surface area contributed by atoms with Gasteiger partial charge in [-0.3, -0.25) is 20.8 Å². The highest BCUT2D eigenvalue weighted by molar-refractivity contribution is 5.95. The number of carbonyl (C=O) groups excluding carboxylic acids is 1. The second kappa shape index (κ2) is 7.29. The number of rotatable bonds is 7. The molecule has 0 bridgehead atoms. The van der Waals surface area contributed by atoms with E-state index in [-0.39, 0.29) is 16.9 Å². The molecule has 8 heteroatoms. The molecule has 0 aliphatic heterocycles. The van der Waals surface area contributed by atoms with Gasteiger partial charge in [-0.2, -0.15) is 0 Å². The van der Waals surface area contributed by atoms with Crippen LogP contribution in [-0.2, 0) is 4.74 Å². The molecule has 1 rings (SSSR count). The van der Waals surface area contributed by atoms with Crippen molar-refractivity contribution in [3.63, 3.8) is 0 Å². The fourth-order valence-electron chi connectivity index (χ4n) is 1.43. The summed E-state index contributed by atoms with van der Waals surface area (Å²) in [7, 11) is 0. The van der Waals surface area contributed by atoms with Crippen LogP contribution in [0.5, 0.6) is 0 Å². The normalized spacial score (nSPS) is 10.0. The topological polar surface area (TPSA) is 120 Å². The Kier molecular flexibility index (Phi) is 5.71. The highest BCUT2D eigenvalue weighted by Crippen LogP contribution is 2.24. The van der Waals surface area contributed by atoms with Gasteiger partial charge in [0.05, 0.1) is 11.5 Å². The lowest BCUT2D eigenvalue weighted by atomic mass is 10.1. The summed E-state index contributed by atoms with van der Waals surface area (Å²) in [5, 5.41) is 13.4. The highest BCUT2D eigenvalue weighted by Gasteiger charge is 2.16. The summed E-state index contributed by atoms with van der Waals surface area (Å²) < 4.78 is 5.07. The molecular formula is C11H16N4O4. The number of hydrogen-bond donors (Lipinski definition) is 3. The first-order valence-electron chi connectivity index (χ1n) is 5.71. The smallest absolute Gasteiger partial charge is 0.294 e. The quantitative estimate of drug-likeness (QED) is 0.289. The molecule has 104 valence electrons. The number of nitrogens with one attached hydrogen (secondary N) is 2. The molecule has 0 saturated carbocycles. The Morgan fingerprint density at radius 1 is 1.53 bits per heavy atom. The third kappa shape index (κ3) is 4.19. The molecule has 1 amide bonds. The minimum Gasteiger partial charge on any atom is -0.380 e. The van der Waals surface area contributed by atoms with Crippen molar-refractivity contribution in [2.75, 3.05) is 25.2 Å². The molecule has 0 aromatic heterocycles. The number of nitro benzene ring substituents is 1. The first kappa shape index (κ1) is 14.9. The van der Waals surface area contributed by atoms with E-state index in [0.717, 1.165) is 0 Å². The number of hydrogen-bond acceptors (Lipinski definition) is 6. The van der Waals surface area contributed by atoms with Crippen molar-refractivity contribution in [1.29, 1.82) is 0 Å². The number of hydrazine groups is 1. The van der Waals surface area contributed by atoms with Crippen LogP contribution in [0.15, 0.2) is 18.2 Å². The number of nitrogens with two attached hydrogens (primary N) is 1. The van der Waals surface area contributed by atoms with E-state index in [0.29, 0.717) is 19.8 Å². The fourth-order valence-corrected chi connectivity index (χ4v) is 1.43. The molecule has 0 fully saturated rings. The van der Waals surface area contributed by atoms with E-state index in [4.69, 9.17) is 10.6 Å². The summed E-state index contributed by atoms with van der Waals surface area (Å²) in [6.45, 7) is 3.16. The van der Waals surface area contributed by atoms with Crippen LogP contribution >= 0.6 is 0 Å². The Balaban J connectivity index is 2.75. The van der Waals surface area contributed by atoms with Crippen LogP contribution in [0, 0.1) is 10.1 Å². The summed E-state index contributed by atoms with van der Waals surface area (Å²) >= 11 is 0. The van der Waals surface area contributed by atoms with E-state index in [1.165, 1.54) is 18.2 Å². The number of carbonyl (C=O) groups is 1. The Morgan fingerprint density at radius 3 is 2.84 bits per heavy atom. The van der Waals surface area contributed by atoms with E-state index in [1.54, 1.807) is 0 Å². The van der Waals surface area contributed by atoms with Crippen molar-refractivity contribution in [1.82, 2.24) is 5.32 Å². The number of ether oxygens (including phenoxy) is 1.